The first-order valence-corrected chi connectivity index (χ1v) is 8.70. The predicted molar refractivity (Wildman–Crippen MR) is 89.6 cm³/mol. The average Bonchev–Trinajstić information content (AvgIpc) is 2.49. The molecule has 1 N–H and O–H groups in total. The average molecular weight is 308 g/mol. The fraction of sp³-hybridized carbons (Fsp3) is 0.789. The van der Waals surface area contributed by atoms with Crippen LogP contribution in [0.25, 0.3) is 0 Å². The number of hydrogen-bond acceptors (Lipinski definition) is 3. The van der Waals surface area contributed by atoms with E-state index in [0.717, 1.165) is 25.7 Å². The van der Waals surface area contributed by atoms with Crippen molar-refractivity contribution in [1.29, 1.82) is 0 Å². The Morgan fingerprint density at radius 3 is 2.09 bits per heavy atom. The molecular weight excluding hydrogens is 276 g/mol. The lowest BCUT2D eigenvalue weighted by Gasteiger charge is -2.29. The maximum Gasteiger partial charge on any atom is 0.186 e. The molecule has 22 heavy (non-hydrogen) atoms. The van der Waals surface area contributed by atoms with E-state index >= 15 is 0 Å². The van der Waals surface area contributed by atoms with Gasteiger partial charge < -0.3 is 14.6 Å². The first kappa shape index (κ1) is 17.7. The zero-order valence-corrected chi connectivity index (χ0v) is 14.4. The van der Waals surface area contributed by atoms with Gasteiger partial charge in [-0.1, -0.05) is 23.3 Å². The number of aliphatic hydroxyl groups is 1. The molecule has 3 nitrogen and oxygen atoms in total. The fourth-order valence-corrected chi connectivity index (χ4v) is 3.10. The van der Waals surface area contributed by atoms with Crippen LogP contribution in [-0.4, -0.2) is 30.7 Å². The van der Waals surface area contributed by atoms with Crippen molar-refractivity contribution >= 4 is 0 Å². The Bertz CT molecular complexity index is 409. The van der Waals surface area contributed by atoms with Crippen molar-refractivity contribution < 1.29 is 14.6 Å². The fourth-order valence-electron chi connectivity index (χ4n) is 3.10. The molecule has 0 amide bonds. The molecule has 3 heteroatoms. The van der Waals surface area contributed by atoms with Gasteiger partial charge in [-0.25, -0.2) is 0 Å². The van der Waals surface area contributed by atoms with Gasteiger partial charge in [-0.15, -0.1) is 0 Å². The van der Waals surface area contributed by atoms with Crippen LogP contribution in [0.4, 0.5) is 0 Å². The minimum Gasteiger partial charge on any atom is -0.376 e. The molecule has 2 rings (SSSR count). The van der Waals surface area contributed by atoms with Crippen LogP contribution in [-0.2, 0) is 9.47 Å². The second kappa shape index (κ2) is 8.28. The first-order valence-electron chi connectivity index (χ1n) is 8.70. The molecule has 0 heterocycles. The Morgan fingerprint density at radius 1 is 1.05 bits per heavy atom. The molecule has 0 aliphatic heterocycles. The lowest BCUT2D eigenvalue weighted by atomic mass is 9.91. The summed E-state index contributed by atoms with van der Waals surface area (Å²) in [6, 6.07) is 0. The van der Waals surface area contributed by atoms with Crippen molar-refractivity contribution in [3.8, 4) is 0 Å². The van der Waals surface area contributed by atoms with Crippen LogP contribution in [0.3, 0.4) is 0 Å². The van der Waals surface area contributed by atoms with Gasteiger partial charge in [-0.05, 0) is 71.1 Å². The van der Waals surface area contributed by atoms with Crippen molar-refractivity contribution in [2.45, 2.75) is 65.1 Å². The largest absolute Gasteiger partial charge is 0.376 e. The SMILES string of the molecule is CC1=CCC(COCC(C)(O)OCC2CC=C(C)CC2)CC1. The Morgan fingerprint density at radius 2 is 1.59 bits per heavy atom. The molecule has 2 aliphatic carbocycles. The van der Waals surface area contributed by atoms with Gasteiger partial charge in [0, 0.05) is 6.61 Å². The molecule has 3 atom stereocenters. The predicted octanol–water partition coefficient (Wildman–Crippen LogP) is 4.22. The molecular formula is C19H32O3. The first-order chi connectivity index (χ1) is 10.4. The van der Waals surface area contributed by atoms with E-state index in [1.807, 2.05) is 0 Å². The molecule has 0 aromatic carbocycles. The van der Waals surface area contributed by atoms with E-state index in [0.29, 0.717) is 25.0 Å². The van der Waals surface area contributed by atoms with Crippen molar-refractivity contribution in [2.24, 2.45) is 11.8 Å². The highest BCUT2D eigenvalue weighted by Crippen LogP contribution is 2.25. The van der Waals surface area contributed by atoms with Gasteiger partial charge >= 0.3 is 0 Å². The number of hydrogen-bond donors (Lipinski definition) is 1. The van der Waals surface area contributed by atoms with E-state index in [2.05, 4.69) is 26.0 Å². The van der Waals surface area contributed by atoms with Crippen molar-refractivity contribution in [3.63, 3.8) is 0 Å². The maximum absolute atomic E-state index is 10.3. The second-order valence-corrected chi connectivity index (χ2v) is 7.38. The highest BCUT2D eigenvalue weighted by atomic mass is 16.6. The van der Waals surface area contributed by atoms with Crippen LogP contribution in [0.1, 0.15) is 59.3 Å². The summed E-state index contributed by atoms with van der Waals surface area (Å²) in [4.78, 5) is 0. The molecule has 0 saturated heterocycles. The summed E-state index contributed by atoms with van der Waals surface area (Å²) in [7, 11) is 0. The smallest absolute Gasteiger partial charge is 0.186 e. The van der Waals surface area contributed by atoms with E-state index in [-0.39, 0.29) is 6.61 Å². The third kappa shape index (κ3) is 6.23. The van der Waals surface area contributed by atoms with Gasteiger partial charge in [0.2, 0.25) is 0 Å². The number of ether oxygens (including phenoxy) is 2. The van der Waals surface area contributed by atoms with Gasteiger partial charge in [-0.3, -0.25) is 0 Å². The minimum atomic E-state index is -1.17. The molecule has 0 saturated carbocycles. The van der Waals surface area contributed by atoms with Crippen LogP contribution < -0.4 is 0 Å². The molecule has 0 fully saturated rings. The molecule has 126 valence electrons. The lowest BCUT2D eigenvalue weighted by molar-refractivity contribution is -0.227. The van der Waals surface area contributed by atoms with E-state index < -0.39 is 5.79 Å². The Hall–Kier alpha value is -0.640. The molecule has 0 bridgehead atoms. The highest BCUT2D eigenvalue weighted by Gasteiger charge is 2.25. The Labute approximate surface area is 135 Å². The summed E-state index contributed by atoms with van der Waals surface area (Å²) >= 11 is 0. The molecule has 0 radical (unpaired) electrons. The summed E-state index contributed by atoms with van der Waals surface area (Å²) in [6.45, 7) is 7.68. The van der Waals surface area contributed by atoms with Gasteiger partial charge in [0.15, 0.2) is 5.79 Å². The summed E-state index contributed by atoms with van der Waals surface area (Å²) in [5.41, 5.74) is 2.96. The van der Waals surface area contributed by atoms with Gasteiger partial charge in [0.05, 0.1) is 6.61 Å². The van der Waals surface area contributed by atoms with Crippen LogP contribution in [0.2, 0.25) is 0 Å². The number of allylic oxidation sites excluding steroid dienone is 4. The summed E-state index contributed by atoms with van der Waals surface area (Å²) in [5, 5.41) is 10.3. The summed E-state index contributed by atoms with van der Waals surface area (Å²) in [5.74, 6) is -0.0519. The van der Waals surface area contributed by atoms with Crippen LogP contribution in [0.5, 0.6) is 0 Å². The van der Waals surface area contributed by atoms with Crippen LogP contribution in [0.15, 0.2) is 23.3 Å². The lowest BCUT2D eigenvalue weighted by Crippen LogP contribution is -2.36. The Kier molecular flexibility index (Phi) is 6.66. The topological polar surface area (TPSA) is 38.7 Å². The van der Waals surface area contributed by atoms with Gasteiger partial charge in [0.1, 0.15) is 6.61 Å². The van der Waals surface area contributed by atoms with Crippen molar-refractivity contribution in [1.82, 2.24) is 0 Å². The summed E-state index contributed by atoms with van der Waals surface area (Å²) in [6.07, 6.45) is 11.5. The molecule has 2 aliphatic rings. The van der Waals surface area contributed by atoms with E-state index in [1.165, 1.54) is 24.0 Å². The molecule has 0 aromatic heterocycles. The van der Waals surface area contributed by atoms with Crippen LogP contribution in [0, 0.1) is 11.8 Å². The van der Waals surface area contributed by atoms with Crippen LogP contribution >= 0.6 is 0 Å². The van der Waals surface area contributed by atoms with Gasteiger partial charge in [-0.2, -0.15) is 0 Å². The minimum absolute atomic E-state index is 0.258. The highest BCUT2D eigenvalue weighted by molar-refractivity contribution is 5.03. The normalized spacial score (nSPS) is 28.7. The molecule has 0 spiro atoms. The van der Waals surface area contributed by atoms with Gasteiger partial charge in [0.25, 0.3) is 0 Å². The van der Waals surface area contributed by atoms with E-state index in [1.54, 1.807) is 6.92 Å². The zero-order valence-electron chi connectivity index (χ0n) is 14.4. The quantitative estimate of drug-likeness (QED) is 0.565. The third-order valence-corrected chi connectivity index (χ3v) is 4.85. The maximum atomic E-state index is 10.3. The van der Waals surface area contributed by atoms with Crippen molar-refractivity contribution in [3.05, 3.63) is 23.3 Å². The third-order valence-electron chi connectivity index (χ3n) is 4.85. The Balaban J connectivity index is 1.61. The molecule has 0 aromatic rings. The second-order valence-electron chi connectivity index (χ2n) is 7.38. The van der Waals surface area contributed by atoms with E-state index in [9.17, 15) is 5.11 Å². The van der Waals surface area contributed by atoms with E-state index in [4.69, 9.17) is 9.47 Å². The van der Waals surface area contributed by atoms with Crippen molar-refractivity contribution in [2.75, 3.05) is 19.8 Å². The summed E-state index contributed by atoms with van der Waals surface area (Å²) < 4.78 is 11.4. The number of rotatable bonds is 7. The molecule has 3 unspecified atom stereocenters. The zero-order chi connectivity index (χ0) is 16.0. The monoisotopic (exact) mass is 308 g/mol. The standard InChI is InChI=1S/C19H32O3/c1-15-4-8-17(9-5-15)12-21-14-19(3,20)22-13-18-10-6-16(2)7-11-18/h4,6,17-18,20H,5,7-14H2,1-3H3.